The fourth-order valence-corrected chi connectivity index (χ4v) is 1.88. The van der Waals surface area contributed by atoms with Gasteiger partial charge in [-0.1, -0.05) is 0 Å². The first kappa shape index (κ1) is 15.0. The van der Waals surface area contributed by atoms with Gasteiger partial charge in [0.2, 0.25) is 0 Å². The predicted molar refractivity (Wildman–Crippen MR) is 82.9 cm³/mol. The van der Waals surface area contributed by atoms with Gasteiger partial charge in [0.15, 0.2) is 11.6 Å². The molecule has 0 aliphatic rings. The number of methoxy groups -OCH3 is 1. The van der Waals surface area contributed by atoms with E-state index in [2.05, 4.69) is 5.32 Å². The molecule has 21 heavy (non-hydrogen) atoms. The number of ether oxygens (including phenoxy) is 2. The van der Waals surface area contributed by atoms with Crippen LogP contribution in [0.3, 0.4) is 0 Å². The van der Waals surface area contributed by atoms with E-state index in [9.17, 15) is 4.39 Å². The fraction of sp³-hybridized carbons (Fsp3) is 0.250. The summed E-state index contributed by atoms with van der Waals surface area (Å²) in [6.45, 7) is 3.94. The van der Waals surface area contributed by atoms with Crippen molar-refractivity contribution in [3.05, 3.63) is 42.2 Å². The topological polar surface area (TPSA) is 56.5 Å². The lowest BCUT2D eigenvalue weighted by molar-refractivity contribution is 0.242. The summed E-state index contributed by atoms with van der Waals surface area (Å²) in [4.78, 5) is 0. The van der Waals surface area contributed by atoms with Crippen LogP contribution in [0.2, 0.25) is 0 Å². The van der Waals surface area contributed by atoms with Gasteiger partial charge in [0.25, 0.3) is 0 Å². The molecule has 5 heteroatoms. The Hall–Kier alpha value is -2.43. The Bertz CT molecular complexity index is 612. The highest BCUT2D eigenvalue weighted by Gasteiger charge is 2.08. The van der Waals surface area contributed by atoms with Crippen LogP contribution in [0.4, 0.5) is 21.5 Å². The lowest BCUT2D eigenvalue weighted by Crippen LogP contribution is -2.05. The normalized spacial score (nSPS) is 10.5. The van der Waals surface area contributed by atoms with Crippen LogP contribution in [0.1, 0.15) is 13.8 Å². The van der Waals surface area contributed by atoms with Crippen molar-refractivity contribution in [1.82, 2.24) is 0 Å². The standard InChI is InChI=1S/C16H19FN2O2/c1-10(2)21-12-6-4-11(5-7-12)19-15-9-16(20-3)13(17)8-14(15)18/h4-10,19H,18H2,1-3H3. The highest BCUT2D eigenvalue weighted by Crippen LogP contribution is 2.30. The Morgan fingerprint density at radius 1 is 1.14 bits per heavy atom. The lowest BCUT2D eigenvalue weighted by Gasteiger charge is -2.13. The summed E-state index contributed by atoms with van der Waals surface area (Å²) in [7, 11) is 1.41. The minimum atomic E-state index is -0.485. The Morgan fingerprint density at radius 3 is 2.38 bits per heavy atom. The van der Waals surface area contributed by atoms with Gasteiger partial charge in [-0.3, -0.25) is 0 Å². The molecule has 0 aliphatic carbocycles. The van der Waals surface area contributed by atoms with Crippen LogP contribution >= 0.6 is 0 Å². The van der Waals surface area contributed by atoms with Gasteiger partial charge in [-0.25, -0.2) is 4.39 Å². The average molecular weight is 290 g/mol. The van der Waals surface area contributed by atoms with Crippen LogP contribution in [0.5, 0.6) is 11.5 Å². The molecule has 0 aliphatic heterocycles. The molecule has 0 heterocycles. The summed E-state index contributed by atoms with van der Waals surface area (Å²) in [5.74, 6) is 0.452. The molecule has 0 atom stereocenters. The second-order valence-corrected chi connectivity index (χ2v) is 4.89. The van der Waals surface area contributed by atoms with Gasteiger partial charge in [-0.15, -0.1) is 0 Å². The summed E-state index contributed by atoms with van der Waals surface area (Å²) >= 11 is 0. The number of halogens is 1. The van der Waals surface area contributed by atoms with Crippen LogP contribution in [0.15, 0.2) is 36.4 Å². The van der Waals surface area contributed by atoms with Crippen molar-refractivity contribution in [3.8, 4) is 11.5 Å². The maximum atomic E-state index is 13.5. The van der Waals surface area contributed by atoms with Crippen LogP contribution in [-0.4, -0.2) is 13.2 Å². The van der Waals surface area contributed by atoms with Crippen LogP contribution in [-0.2, 0) is 0 Å². The van der Waals surface area contributed by atoms with Crippen LogP contribution < -0.4 is 20.5 Å². The van der Waals surface area contributed by atoms with Crippen molar-refractivity contribution in [2.45, 2.75) is 20.0 Å². The van der Waals surface area contributed by atoms with E-state index in [1.165, 1.54) is 19.2 Å². The average Bonchev–Trinajstić information content (AvgIpc) is 2.43. The third-order valence-corrected chi connectivity index (χ3v) is 2.83. The van der Waals surface area contributed by atoms with Crippen LogP contribution in [0.25, 0.3) is 0 Å². The summed E-state index contributed by atoms with van der Waals surface area (Å²) in [5.41, 5.74) is 7.54. The van der Waals surface area contributed by atoms with E-state index in [0.717, 1.165) is 11.4 Å². The number of hydrogen-bond acceptors (Lipinski definition) is 4. The van der Waals surface area contributed by atoms with E-state index >= 15 is 0 Å². The molecule has 0 fully saturated rings. The smallest absolute Gasteiger partial charge is 0.167 e. The highest BCUT2D eigenvalue weighted by atomic mass is 19.1. The first-order valence-electron chi connectivity index (χ1n) is 6.66. The first-order valence-corrected chi connectivity index (χ1v) is 6.66. The molecule has 112 valence electrons. The van der Waals surface area contributed by atoms with E-state index in [1.54, 1.807) is 0 Å². The third-order valence-electron chi connectivity index (χ3n) is 2.83. The van der Waals surface area contributed by atoms with E-state index in [0.29, 0.717) is 11.4 Å². The van der Waals surface area contributed by atoms with Crippen molar-refractivity contribution in [2.24, 2.45) is 0 Å². The van der Waals surface area contributed by atoms with Crippen molar-refractivity contribution in [1.29, 1.82) is 0 Å². The molecular formula is C16H19FN2O2. The van der Waals surface area contributed by atoms with Crippen molar-refractivity contribution >= 4 is 17.1 Å². The predicted octanol–water partition coefficient (Wildman–Crippen LogP) is 3.95. The summed E-state index contributed by atoms with van der Waals surface area (Å²) in [6, 6.07) is 10.2. The molecule has 0 aromatic heterocycles. The molecule has 0 radical (unpaired) electrons. The molecule has 3 N–H and O–H groups in total. The van der Waals surface area contributed by atoms with Gasteiger partial charge < -0.3 is 20.5 Å². The summed E-state index contributed by atoms with van der Waals surface area (Å²) in [5, 5.41) is 3.13. The SMILES string of the molecule is COc1cc(Nc2ccc(OC(C)C)cc2)c(N)cc1F. The Labute approximate surface area is 123 Å². The van der Waals surface area contributed by atoms with Crippen molar-refractivity contribution in [2.75, 3.05) is 18.2 Å². The molecule has 4 nitrogen and oxygen atoms in total. The van der Waals surface area contributed by atoms with Gasteiger partial charge >= 0.3 is 0 Å². The number of benzene rings is 2. The maximum absolute atomic E-state index is 13.5. The van der Waals surface area contributed by atoms with Crippen molar-refractivity contribution < 1.29 is 13.9 Å². The van der Waals surface area contributed by atoms with E-state index in [4.69, 9.17) is 15.2 Å². The Morgan fingerprint density at radius 2 is 1.81 bits per heavy atom. The van der Waals surface area contributed by atoms with Gasteiger partial charge in [0, 0.05) is 17.8 Å². The monoisotopic (exact) mass is 290 g/mol. The summed E-state index contributed by atoms with van der Waals surface area (Å²) < 4.78 is 24.0. The quantitative estimate of drug-likeness (QED) is 0.819. The number of nitrogen functional groups attached to an aromatic ring is 1. The molecule has 0 amide bonds. The number of anilines is 3. The third kappa shape index (κ3) is 3.78. The van der Waals surface area contributed by atoms with Gasteiger partial charge in [-0.05, 0) is 38.1 Å². The molecule has 0 saturated heterocycles. The molecular weight excluding hydrogens is 271 g/mol. The molecule has 0 bridgehead atoms. The van der Waals surface area contributed by atoms with E-state index in [-0.39, 0.29) is 11.9 Å². The molecule has 0 spiro atoms. The fourth-order valence-electron chi connectivity index (χ4n) is 1.88. The minimum Gasteiger partial charge on any atom is -0.494 e. The minimum absolute atomic E-state index is 0.126. The van der Waals surface area contributed by atoms with Gasteiger partial charge in [0.05, 0.1) is 24.6 Å². The van der Waals surface area contributed by atoms with Gasteiger partial charge in [0.1, 0.15) is 5.75 Å². The second-order valence-electron chi connectivity index (χ2n) is 4.89. The first-order chi connectivity index (χ1) is 9.99. The van der Waals surface area contributed by atoms with E-state index in [1.807, 2.05) is 38.1 Å². The molecule has 0 saturated carbocycles. The number of hydrogen-bond donors (Lipinski definition) is 2. The van der Waals surface area contributed by atoms with E-state index < -0.39 is 5.82 Å². The Kier molecular flexibility index (Phi) is 4.52. The van der Waals surface area contributed by atoms with Crippen molar-refractivity contribution in [3.63, 3.8) is 0 Å². The zero-order chi connectivity index (χ0) is 15.4. The lowest BCUT2D eigenvalue weighted by atomic mass is 10.2. The van der Waals surface area contributed by atoms with Crippen LogP contribution in [0, 0.1) is 5.82 Å². The molecule has 2 rings (SSSR count). The molecule has 2 aromatic carbocycles. The summed E-state index contributed by atoms with van der Waals surface area (Å²) in [6.07, 6.45) is 0.126. The number of nitrogens with one attached hydrogen (secondary N) is 1. The zero-order valence-electron chi connectivity index (χ0n) is 12.3. The Balaban J connectivity index is 2.18. The molecule has 0 unspecified atom stereocenters. The maximum Gasteiger partial charge on any atom is 0.167 e. The second kappa shape index (κ2) is 6.35. The largest absolute Gasteiger partial charge is 0.494 e. The molecule has 2 aromatic rings. The highest BCUT2D eigenvalue weighted by molar-refractivity contribution is 5.74. The zero-order valence-corrected chi connectivity index (χ0v) is 12.3. The van der Waals surface area contributed by atoms with Gasteiger partial charge in [-0.2, -0.15) is 0 Å². The number of nitrogens with two attached hydrogens (primary N) is 1. The number of rotatable bonds is 5.